The number of benzene rings is 2. The van der Waals surface area contributed by atoms with Crippen molar-refractivity contribution in [3.63, 3.8) is 0 Å². The SMILES string of the molecule is COc1cc(/C(O)=C2\C(=O)C(=O)N(c3nc4c(F)cc(F)cc4s3)C2c2cccs2)c(OC)cc1Cl. The van der Waals surface area contributed by atoms with E-state index in [1.165, 1.54) is 37.7 Å². The van der Waals surface area contributed by atoms with Gasteiger partial charge < -0.3 is 14.6 Å². The monoisotopic (exact) mass is 548 g/mol. The minimum Gasteiger partial charge on any atom is -0.507 e. The average Bonchev–Trinajstić information content (AvgIpc) is 3.57. The van der Waals surface area contributed by atoms with E-state index in [-0.39, 0.29) is 43.0 Å². The molecule has 1 saturated heterocycles. The highest BCUT2D eigenvalue weighted by atomic mass is 35.5. The zero-order chi connectivity index (χ0) is 25.7. The average molecular weight is 549 g/mol. The Bertz CT molecular complexity index is 1570. The molecule has 1 aliphatic rings. The van der Waals surface area contributed by atoms with E-state index in [1.807, 2.05) is 0 Å². The summed E-state index contributed by atoms with van der Waals surface area (Å²) in [5.41, 5.74) is -0.279. The number of aliphatic hydroxyl groups excluding tert-OH is 1. The Morgan fingerprint density at radius 3 is 2.56 bits per heavy atom. The fourth-order valence-corrected chi connectivity index (χ4v) is 6.07. The minimum atomic E-state index is -1.08. The van der Waals surface area contributed by atoms with Gasteiger partial charge >= 0.3 is 5.91 Å². The molecule has 12 heteroatoms. The van der Waals surface area contributed by atoms with E-state index in [1.54, 1.807) is 17.5 Å². The van der Waals surface area contributed by atoms with Gasteiger partial charge in [-0.15, -0.1) is 11.3 Å². The third-order valence-electron chi connectivity index (χ3n) is 5.59. The number of hydrogen-bond acceptors (Lipinski definition) is 8. The lowest BCUT2D eigenvalue weighted by molar-refractivity contribution is -0.132. The summed E-state index contributed by atoms with van der Waals surface area (Å²) in [7, 11) is 2.75. The maximum absolute atomic E-state index is 14.4. The third-order valence-corrected chi connectivity index (χ3v) is 7.82. The van der Waals surface area contributed by atoms with Crippen molar-refractivity contribution in [3.8, 4) is 11.5 Å². The van der Waals surface area contributed by atoms with E-state index in [2.05, 4.69) is 4.98 Å². The second-order valence-corrected chi connectivity index (χ2v) is 10.00. The molecule has 184 valence electrons. The van der Waals surface area contributed by atoms with E-state index in [0.29, 0.717) is 10.9 Å². The number of carbonyl (C=O) groups excluding carboxylic acids is 2. The Morgan fingerprint density at radius 2 is 1.89 bits per heavy atom. The molecule has 1 atom stereocenters. The number of Topliss-reactive ketones (excluding diaryl/α,β-unsaturated/α-hetero) is 1. The summed E-state index contributed by atoms with van der Waals surface area (Å²) in [6.07, 6.45) is 0. The summed E-state index contributed by atoms with van der Waals surface area (Å²) in [6.45, 7) is 0. The molecular formula is C24H15ClF2N2O5S2. The largest absolute Gasteiger partial charge is 0.507 e. The van der Waals surface area contributed by atoms with Crippen molar-refractivity contribution in [1.82, 2.24) is 4.98 Å². The van der Waals surface area contributed by atoms with Crippen LogP contribution in [-0.4, -0.2) is 36.0 Å². The molecule has 0 spiro atoms. The number of fused-ring (bicyclic) bond motifs is 1. The van der Waals surface area contributed by atoms with Crippen LogP contribution in [0.15, 0.2) is 47.4 Å². The van der Waals surface area contributed by atoms with Crippen LogP contribution in [0.2, 0.25) is 5.02 Å². The maximum atomic E-state index is 14.4. The number of thiophene rings is 1. The molecule has 4 aromatic rings. The zero-order valence-corrected chi connectivity index (χ0v) is 20.9. The van der Waals surface area contributed by atoms with Crippen molar-refractivity contribution in [2.24, 2.45) is 0 Å². The molecule has 0 radical (unpaired) electrons. The molecule has 7 nitrogen and oxygen atoms in total. The smallest absolute Gasteiger partial charge is 0.301 e. The summed E-state index contributed by atoms with van der Waals surface area (Å²) in [6, 6.07) is 6.93. The number of rotatable bonds is 5. The number of methoxy groups -OCH3 is 2. The van der Waals surface area contributed by atoms with Crippen molar-refractivity contribution in [3.05, 3.63) is 74.4 Å². The molecular weight excluding hydrogens is 534 g/mol. The highest BCUT2D eigenvalue weighted by Gasteiger charge is 2.49. The van der Waals surface area contributed by atoms with Crippen molar-refractivity contribution in [1.29, 1.82) is 0 Å². The first-order valence-corrected chi connectivity index (χ1v) is 12.3. The molecule has 36 heavy (non-hydrogen) atoms. The van der Waals surface area contributed by atoms with Gasteiger partial charge in [-0.1, -0.05) is 29.0 Å². The van der Waals surface area contributed by atoms with Gasteiger partial charge in [0.2, 0.25) is 0 Å². The van der Waals surface area contributed by atoms with Crippen LogP contribution in [0.4, 0.5) is 13.9 Å². The molecule has 0 saturated carbocycles. The van der Waals surface area contributed by atoms with Gasteiger partial charge in [-0.3, -0.25) is 14.5 Å². The second-order valence-electron chi connectivity index (χ2n) is 7.60. The Hall–Kier alpha value is -3.54. The van der Waals surface area contributed by atoms with Crippen LogP contribution in [0.1, 0.15) is 16.5 Å². The number of ketones is 1. The summed E-state index contributed by atoms with van der Waals surface area (Å²) in [5, 5.41) is 13.3. The van der Waals surface area contributed by atoms with E-state index < -0.39 is 35.1 Å². The molecule has 0 bridgehead atoms. The zero-order valence-electron chi connectivity index (χ0n) is 18.5. The van der Waals surface area contributed by atoms with Gasteiger partial charge in [0.05, 0.1) is 35.1 Å². The summed E-state index contributed by atoms with van der Waals surface area (Å²) >= 11 is 8.28. The lowest BCUT2D eigenvalue weighted by Crippen LogP contribution is -2.28. The molecule has 1 fully saturated rings. The molecule has 2 aromatic carbocycles. The predicted molar refractivity (Wildman–Crippen MR) is 133 cm³/mol. The molecule has 5 rings (SSSR count). The van der Waals surface area contributed by atoms with Crippen molar-refractivity contribution >= 4 is 67.1 Å². The first-order chi connectivity index (χ1) is 17.2. The van der Waals surface area contributed by atoms with Crippen molar-refractivity contribution in [2.75, 3.05) is 19.1 Å². The van der Waals surface area contributed by atoms with E-state index in [4.69, 9.17) is 21.1 Å². The lowest BCUT2D eigenvalue weighted by Gasteiger charge is -2.21. The Morgan fingerprint density at radius 1 is 1.14 bits per heavy atom. The van der Waals surface area contributed by atoms with E-state index >= 15 is 0 Å². The van der Waals surface area contributed by atoms with Crippen LogP contribution in [0.3, 0.4) is 0 Å². The maximum Gasteiger partial charge on any atom is 0.301 e. The van der Waals surface area contributed by atoms with Gasteiger partial charge in [-0.25, -0.2) is 13.8 Å². The predicted octanol–water partition coefficient (Wildman–Crippen LogP) is 5.93. The Labute approximate surface area is 215 Å². The van der Waals surface area contributed by atoms with Crippen LogP contribution in [-0.2, 0) is 9.59 Å². The number of thiazole rings is 1. The van der Waals surface area contributed by atoms with E-state index in [9.17, 15) is 23.5 Å². The van der Waals surface area contributed by atoms with Gasteiger partial charge in [0.25, 0.3) is 5.78 Å². The highest BCUT2D eigenvalue weighted by molar-refractivity contribution is 7.22. The third kappa shape index (κ3) is 3.80. The first-order valence-electron chi connectivity index (χ1n) is 10.3. The number of aromatic nitrogens is 1. The van der Waals surface area contributed by atoms with Crippen LogP contribution < -0.4 is 14.4 Å². The number of amides is 1. The molecule has 3 heterocycles. The van der Waals surface area contributed by atoms with E-state index in [0.717, 1.165) is 22.3 Å². The fraction of sp³-hybridized carbons (Fsp3) is 0.125. The minimum absolute atomic E-state index is 0.0188. The molecule has 1 N–H and O–H groups in total. The van der Waals surface area contributed by atoms with Crippen molar-refractivity contribution in [2.45, 2.75) is 6.04 Å². The quantitative estimate of drug-likeness (QED) is 0.189. The number of hydrogen-bond donors (Lipinski definition) is 1. The molecule has 1 unspecified atom stereocenters. The number of ether oxygens (including phenoxy) is 2. The van der Waals surface area contributed by atoms with Gasteiger partial charge in [0, 0.05) is 17.0 Å². The van der Waals surface area contributed by atoms with Crippen molar-refractivity contribution < 1.29 is 33.0 Å². The lowest BCUT2D eigenvalue weighted by atomic mass is 9.99. The second kappa shape index (κ2) is 9.16. The van der Waals surface area contributed by atoms with Crippen LogP contribution in [0, 0.1) is 11.6 Å². The van der Waals surface area contributed by atoms with Gasteiger partial charge in [0.1, 0.15) is 34.6 Å². The summed E-state index contributed by atoms with van der Waals surface area (Å²) in [4.78, 5) is 32.4. The standard InChI is InChI=1S/C24H15ClF2N2O5S2/c1-33-14-9-12(25)15(34-2)8-11(14)21(30)18-20(16-4-3-5-35-16)29(23(32)22(18)31)24-28-19-13(27)6-10(26)7-17(19)36-24/h3-9,20,30H,1-2H3/b21-18+. The topological polar surface area (TPSA) is 89.0 Å². The van der Waals surface area contributed by atoms with Crippen LogP contribution >= 0.6 is 34.3 Å². The van der Waals surface area contributed by atoms with Crippen LogP contribution in [0.25, 0.3) is 16.0 Å². The molecule has 0 aliphatic carbocycles. The fourth-order valence-electron chi connectivity index (χ4n) is 3.98. The summed E-state index contributed by atoms with van der Waals surface area (Å²) < 4.78 is 38.9. The van der Waals surface area contributed by atoms with Gasteiger partial charge in [-0.05, 0) is 23.6 Å². The summed E-state index contributed by atoms with van der Waals surface area (Å²) in [5.74, 6) is -3.80. The first kappa shape index (κ1) is 24.2. The van der Waals surface area contributed by atoms with Gasteiger partial charge in [-0.2, -0.15) is 0 Å². The normalized spacial score (nSPS) is 17.2. The number of aliphatic hydroxyl groups is 1. The molecule has 2 aromatic heterocycles. The Balaban J connectivity index is 1.75. The number of carbonyl (C=O) groups is 2. The number of nitrogens with zero attached hydrogens (tertiary/aromatic N) is 2. The molecule has 1 amide bonds. The molecule has 1 aliphatic heterocycles. The number of anilines is 1. The van der Waals surface area contributed by atoms with Crippen LogP contribution in [0.5, 0.6) is 11.5 Å². The highest BCUT2D eigenvalue weighted by Crippen LogP contribution is 2.47. The van der Waals surface area contributed by atoms with Gasteiger partial charge in [0.15, 0.2) is 10.9 Å². The number of halogens is 3. The Kier molecular flexibility index (Phi) is 6.15.